The van der Waals surface area contributed by atoms with E-state index in [4.69, 9.17) is 9.47 Å². The van der Waals surface area contributed by atoms with E-state index in [0.717, 1.165) is 6.07 Å². The molecule has 1 unspecified atom stereocenters. The number of nitrogens with zero attached hydrogens (tertiary/aromatic N) is 2. The van der Waals surface area contributed by atoms with Crippen molar-refractivity contribution in [2.45, 2.75) is 11.7 Å². The lowest BCUT2D eigenvalue weighted by molar-refractivity contribution is -0.385. The molecule has 1 aliphatic heterocycles. The Balaban J connectivity index is 1.94. The number of methoxy groups -OCH3 is 2. The molecule has 30 heavy (non-hydrogen) atoms. The largest absolute Gasteiger partial charge is 0.493 e. The molecule has 3 rings (SSSR count). The van der Waals surface area contributed by atoms with Crippen LogP contribution in [0, 0.1) is 10.1 Å². The number of amides is 1. The molecule has 0 saturated carbocycles. The van der Waals surface area contributed by atoms with Crippen LogP contribution >= 0.6 is 0 Å². The summed E-state index contributed by atoms with van der Waals surface area (Å²) in [5.41, 5.74) is 0.0708. The van der Waals surface area contributed by atoms with E-state index in [1.807, 2.05) is 0 Å². The van der Waals surface area contributed by atoms with Crippen LogP contribution in [0.4, 0.5) is 5.69 Å². The lowest BCUT2D eigenvalue weighted by atomic mass is 10.1. The number of carbonyl (C=O) groups is 1. The Labute approximate surface area is 174 Å². The maximum atomic E-state index is 13.1. The quantitative estimate of drug-likeness (QED) is 0.524. The van der Waals surface area contributed by atoms with Crippen LogP contribution in [0.1, 0.15) is 27.6 Å². The zero-order valence-electron chi connectivity index (χ0n) is 16.6. The second-order valence-electron chi connectivity index (χ2n) is 6.83. The molecule has 1 saturated heterocycles. The van der Waals surface area contributed by atoms with Gasteiger partial charge < -0.3 is 14.4 Å². The molecule has 1 fully saturated rings. The van der Waals surface area contributed by atoms with Crippen molar-refractivity contribution in [2.75, 3.05) is 33.1 Å². The zero-order chi connectivity index (χ0) is 21.9. The van der Waals surface area contributed by atoms with E-state index in [1.165, 1.54) is 25.2 Å². The summed E-state index contributed by atoms with van der Waals surface area (Å²) in [7, 11) is -0.782. The van der Waals surface area contributed by atoms with Gasteiger partial charge >= 0.3 is 0 Å². The van der Waals surface area contributed by atoms with Crippen molar-refractivity contribution < 1.29 is 27.6 Å². The summed E-state index contributed by atoms with van der Waals surface area (Å²) >= 11 is 0. The van der Waals surface area contributed by atoms with Crippen LogP contribution in [0.15, 0.2) is 42.5 Å². The van der Waals surface area contributed by atoms with Gasteiger partial charge in [-0.2, -0.15) is 0 Å². The normalized spacial score (nSPS) is 18.3. The SMILES string of the molecule is COc1cc(C(=O)N2CCC(c3ccccc3)S(=O)(=O)CC2)c([N+](=O)[O-])cc1OC. The second-order valence-corrected chi connectivity index (χ2v) is 9.13. The third-order valence-electron chi connectivity index (χ3n) is 5.13. The molecular weight excluding hydrogens is 412 g/mol. The van der Waals surface area contributed by atoms with Crippen molar-refractivity contribution in [3.05, 3.63) is 63.7 Å². The standard InChI is InChI=1S/C20H22N2O7S/c1-28-17-12-15(16(22(24)25)13-18(17)29-2)20(23)21-9-8-19(30(26,27)11-10-21)14-6-4-3-5-7-14/h3-7,12-13,19H,8-11H2,1-2H3. The third-order valence-corrected chi connectivity index (χ3v) is 7.25. The van der Waals surface area contributed by atoms with E-state index in [2.05, 4.69) is 0 Å². The molecule has 10 heteroatoms. The Bertz CT molecular complexity index is 1050. The molecule has 0 spiro atoms. The van der Waals surface area contributed by atoms with E-state index in [-0.39, 0.29) is 42.3 Å². The van der Waals surface area contributed by atoms with E-state index in [1.54, 1.807) is 30.3 Å². The van der Waals surface area contributed by atoms with E-state index >= 15 is 0 Å². The predicted molar refractivity (Wildman–Crippen MR) is 110 cm³/mol. The van der Waals surface area contributed by atoms with Crippen molar-refractivity contribution in [3.63, 3.8) is 0 Å². The predicted octanol–water partition coefficient (Wildman–Crippen LogP) is 2.61. The van der Waals surface area contributed by atoms with Crippen LogP contribution < -0.4 is 9.47 Å². The first-order valence-corrected chi connectivity index (χ1v) is 11.0. The number of ether oxygens (including phenoxy) is 2. The average Bonchev–Trinajstić information content (AvgIpc) is 2.90. The Morgan fingerprint density at radius 3 is 2.33 bits per heavy atom. The molecule has 1 atom stereocenters. The zero-order valence-corrected chi connectivity index (χ0v) is 17.4. The van der Waals surface area contributed by atoms with Crippen LogP contribution in [-0.4, -0.2) is 57.2 Å². The number of benzene rings is 2. The number of carbonyl (C=O) groups excluding carboxylic acids is 1. The van der Waals surface area contributed by atoms with Gasteiger partial charge in [-0.3, -0.25) is 14.9 Å². The fourth-order valence-electron chi connectivity index (χ4n) is 3.55. The Hall–Kier alpha value is -3.14. The number of nitro benzene ring substituents is 1. The molecule has 0 bridgehead atoms. The van der Waals surface area contributed by atoms with Gasteiger partial charge in [0, 0.05) is 19.2 Å². The van der Waals surface area contributed by atoms with Gasteiger partial charge in [0.15, 0.2) is 21.3 Å². The van der Waals surface area contributed by atoms with Crippen molar-refractivity contribution in [1.29, 1.82) is 0 Å². The molecule has 0 radical (unpaired) electrons. The summed E-state index contributed by atoms with van der Waals surface area (Å²) in [6, 6.07) is 11.2. The van der Waals surface area contributed by atoms with Gasteiger partial charge in [0.05, 0.1) is 36.2 Å². The van der Waals surface area contributed by atoms with Gasteiger partial charge in [0.2, 0.25) is 0 Å². The number of hydrogen-bond donors (Lipinski definition) is 0. The minimum Gasteiger partial charge on any atom is -0.493 e. The van der Waals surface area contributed by atoms with Gasteiger partial charge in [0.1, 0.15) is 5.56 Å². The van der Waals surface area contributed by atoms with Crippen LogP contribution in [0.25, 0.3) is 0 Å². The highest BCUT2D eigenvalue weighted by atomic mass is 32.2. The summed E-state index contributed by atoms with van der Waals surface area (Å²) in [6.07, 6.45) is 0.208. The molecule has 1 heterocycles. The Morgan fingerprint density at radius 2 is 1.73 bits per heavy atom. The summed E-state index contributed by atoms with van der Waals surface area (Å²) in [6.45, 7) is 0.110. The van der Waals surface area contributed by atoms with Gasteiger partial charge in [-0.25, -0.2) is 8.42 Å². The van der Waals surface area contributed by atoms with Gasteiger partial charge in [-0.15, -0.1) is 0 Å². The molecule has 9 nitrogen and oxygen atoms in total. The smallest absolute Gasteiger partial charge is 0.286 e. The Morgan fingerprint density at radius 1 is 1.10 bits per heavy atom. The molecule has 0 aliphatic carbocycles. The van der Waals surface area contributed by atoms with E-state index < -0.39 is 31.6 Å². The van der Waals surface area contributed by atoms with Gasteiger partial charge in [-0.05, 0) is 12.0 Å². The second kappa shape index (κ2) is 8.70. The summed E-state index contributed by atoms with van der Waals surface area (Å²) in [4.78, 5) is 25.3. The number of rotatable bonds is 5. The first-order valence-electron chi connectivity index (χ1n) is 9.24. The maximum absolute atomic E-state index is 13.1. The minimum atomic E-state index is -3.48. The molecule has 2 aromatic carbocycles. The number of nitro groups is 1. The van der Waals surface area contributed by atoms with Crippen molar-refractivity contribution in [2.24, 2.45) is 0 Å². The highest BCUT2D eigenvalue weighted by Gasteiger charge is 2.35. The van der Waals surface area contributed by atoms with E-state index in [9.17, 15) is 23.3 Å². The van der Waals surface area contributed by atoms with Gasteiger partial charge in [0.25, 0.3) is 11.6 Å². The first-order chi connectivity index (χ1) is 14.3. The van der Waals surface area contributed by atoms with Crippen molar-refractivity contribution in [3.8, 4) is 11.5 Å². The molecule has 2 aromatic rings. The van der Waals surface area contributed by atoms with Gasteiger partial charge in [-0.1, -0.05) is 30.3 Å². The monoisotopic (exact) mass is 434 g/mol. The maximum Gasteiger partial charge on any atom is 0.286 e. The molecular formula is C20H22N2O7S. The van der Waals surface area contributed by atoms with Crippen LogP contribution in [0.3, 0.4) is 0 Å². The molecule has 0 aromatic heterocycles. The lowest BCUT2D eigenvalue weighted by Gasteiger charge is -2.20. The number of sulfone groups is 1. The lowest BCUT2D eigenvalue weighted by Crippen LogP contribution is -2.34. The fourth-order valence-corrected chi connectivity index (χ4v) is 5.35. The minimum absolute atomic E-state index is 0.0456. The molecule has 1 aliphatic rings. The topological polar surface area (TPSA) is 116 Å². The number of hydrogen-bond acceptors (Lipinski definition) is 7. The molecule has 1 amide bonds. The van der Waals surface area contributed by atoms with E-state index in [0.29, 0.717) is 5.56 Å². The highest BCUT2D eigenvalue weighted by molar-refractivity contribution is 7.91. The van der Waals surface area contributed by atoms with Crippen molar-refractivity contribution >= 4 is 21.4 Å². The summed E-state index contributed by atoms with van der Waals surface area (Å²) < 4.78 is 35.8. The fraction of sp³-hybridized carbons (Fsp3) is 0.350. The highest BCUT2D eigenvalue weighted by Crippen LogP contribution is 2.36. The average molecular weight is 434 g/mol. The van der Waals surface area contributed by atoms with Crippen molar-refractivity contribution in [1.82, 2.24) is 4.90 Å². The van der Waals surface area contributed by atoms with Crippen LogP contribution in [0.2, 0.25) is 0 Å². The van der Waals surface area contributed by atoms with Crippen LogP contribution in [0.5, 0.6) is 11.5 Å². The third kappa shape index (κ3) is 4.23. The first kappa shape index (κ1) is 21.6. The summed E-state index contributed by atoms with van der Waals surface area (Å²) in [5, 5.41) is 10.8. The molecule has 160 valence electrons. The van der Waals surface area contributed by atoms with Crippen LogP contribution in [-0.2, 0) is 9.84 Å². The summed E-state index contributed by atoms with van der Waals surface area (Å²) in [5.74, 6) is -0.537. The Kier molecular flexibility index (Phi) is 6.25. The molecule has 0 N–H and O–H groups in total.